The first-order valence-electron chi connectivity index (χ1n) is 4.88. The zero-order valence-corrected chi connectivity index (χ0v) is 8.36. The fourth-order valence-corrected chi connectivity index (χ4v) is 1.95. The molecule has 0 atom stereocenters. The lowest BCUT2D eigenvalue weighted by Crippen LogP contribution is -2.03. The molecule has 0 saturated carbocycles. The van der Waals surface area contributed by atoms with Crippen LogP contribution in [0.4, 0.5) is 11.6 Å². The van der Waals surface area contributed by atoms with E-state index in [-0.39, 0.29) is 11.8 Å². The fourth-order valence-electron chi connectivity index (χ4n) is 1.95. The molecule has 2 aromatic rings. The average molecular weight is 215 g/mol. The van der Waals surface area contributed by atoms with E-state index in [1.54, 1.807) is 6.20 Å². The normalized spacial score (nSPS) is 13.6. The second kappa shape index (κ2) is 3.10. The summed E-state index contributed by atoms with van der Waals surface area (Å²) in [7, 11) is 0. The van der Waals surface area contributed by atoms with Gasteiger partial charge in [-0.1, -0.05) is 17.3 Å². The Morgan fingerprint density at radius 1 is 1.38 bits per heavy atom. The maximum absolute atomic E-state index is 11.3. The number of benzene rings is 1. The zero-order chi connectivity index (χ0) is 11.1. The molecule has 16 heavy (non-hydrogen) atoms. The number of nitrogens with zero attached hydrogens (tertiary/aromatic N) is 1. The molecule has 0 unspecified atom stereocenters. The summed E-state index contributed by atoms with van der Waals surface area (Å²) in [6, 6.07) is 5.64. The molecule has 0 aliphatic carbocycles. The quantitative estimate of drug-likeness (QED) is 0.753. The molecular formula is C11H9N3O2. The van der Waals surface area contributed by atoms with Gasteiger partial charge in [-0.25, -0.2) is 0 Å². The Morgan fingerprint density at radius 2 is 2.25 bits per heavy atom. The van der Waals surface area contributed by atoms with Gasteiger partial charge in [-0.05, 0) is 17.2 Å². The summed E-state index contributed by atoms with van der Waals surface area (Å²) < 4.78 is 4.83. The van der Waals surface area contributed by atoms with Crippen LogP contribution in [-0.2, 0) is 11.2 Å². The number of fused-ring (bicyclic) bond motifs is 1. The van der Waals surface area contributed by atoms with E-state index in [2.05, 4.69) is 10.5 Å². The van der Waals surface area contributed by atoms with Crippen LogP contribution in [0.3, 0.4) is 0 Å². The SMILES string of the molecule is Nc1oncc1-c1cccc2c1CC(=O)N2. The Labute approximate surface area is 91.2 Å². The van der Waals surface area contributed by atoms with E-state index in [4.69, 9.17) is 10.3 Å². The summed E-state index contributed by atoms with van der Waals surface area (Å²) in [5, 5.41) is 6.43. The number of nitrogen functional groups attached to an aromatic ring is 1. The highest BCUT2D eigenvalue weighted by atomic mass is 16.5. The Kier molecular flexibility index (Phi) is 1.73. The minimum atomic E-state index is -0.00234. The largest absolute Gasteiger partial charge is 0.367 e. The van der Waals surface area contributed by atoms with E-state index in [0.29, 0.717) is 6.42 Å². The van der Waals surface area contributed by atoms with Crippen molar-refractivity contribution in [2.45, 2.75) is 6.42 Å². The molecule has 1 aliphatic rings. The van der Waals surface area contributed by atoms with Crippen LogP contribution in [0.15, 0.2) is 28.9 Å². The van der Waals surface area contributed by atoms with Crippen LogP contribution in [0, 0.1) is 0 Å². The number of amides is 1. The van der Waals surface area contributed by atoms with Gasteiger partial charge < -0.3 is 15.6 Å². The molecule has 1 amide bonds. The summed E-state index contributed by atoms with van der Waals surface area (Å²) in [6.07, 6.45) is 1.93. The highest BCUT2D eigenvalue weighted by Crippen LogP contribution is 2.35. The summed E-state index contributed by atoms with van der Waals surface area (Å²) in [5.74, 6) is 0.269. The van der Waals surface area contributed by atoms with Gasteiger partial charge in [0, 0.05) is 5.69 Å². The van der Waals surface area contributed by atoms with Gasteiger partial charge in [0.05, 0.1) is 18.2 Å². The number of hydrogen-bond acceptors (Lipinski definition) is 4. The highest BCUT2D eigenvalue weighted by Gasteiger charge is 2.22. The minimum Gasteiger partial charge on any atom is -0.367 e. The molecule has 1 aromatic carbocycles. The molecule has 2 heterocycles. The van der Waals surface area contributed by atoms with Crippen molar-refractivity contribution >= 4 is 17.5 Å². The van der Waals surface area contributed by atoms with Gasteiger partial charge in [-0.2, -0.15) is 0 Å². The standard InChI is InChI=1S/C11H9N3O2/c12-11-8(5-13-16-11)6-2-1-3-9-7(6)4-10(15)14-9/h1-3,5H,4,12H2,(H,14,15). The Morgan fingerprint density at radius 3 is 3.00 bits per heavy atom. The second-order valence-electron chi connectivity index (χ2n) is 3.66. The van der Waals surface area contributed by atoms with Crippen molar-refractivity contribution in [3.05, 3.63) is 30.0 Å². The molecule has 0 fully saturated rings. The topological polar surface area (TPSA) is 81.2 Å². The lowest BCUT2D eigenvalue weighted by atomic mass is 10.00. The van der Waals surface area contributed by atoms with Crippen LogP contribution >= 0.6 is 0 Å². The van der Waals surface area contributed by atoms with Crippen molar-refractivity contribution in [2.75, 3.05) is 11.1 Å². The van der Waals surface area contributed by atoms with Crippen LogP contribution in [0.25, 0.3) is 11.1 Å². The van der Waals surface area contributed by atoms with E-state index in [9.17, 15) is 4.79 Å². The average Bonchev–Trinajstić information content (AvgIpc) is 2.82. The van der Waals surface area contributed by atoms with Crippen molar-refractivity contribution in [1.29, 1.82) is 0 Å². The minimum absolute atomic E-state index is 0.00234. The maximum atomic E-state index is 11.3. The van der Waals surface area contributed by atoms with E-state index in [1.165, 1.54) is 0 Å². The Bertz CT molecular complexity index is 574. The molecule has 80 valence electrons. The summed E-state index contributed by atoms with van der Waals surface area (Å²) in [6.45, 7) is 0. The van der Waals surface area contributed by atoms with Crippen molar-refractivity contribution in [3.63, 3.8) is 0 Å². The van der Waals surface area contributed by atoms with Gasteiger partial charge in [0.2, 0.25) is 11.8 Å². The summed E-state index contributed by atoms with van der Waals surface area (Å²) in [5.41, 5.74) is 9.08. The lowest BCUT2D eigenvalue weighted by molar-refractivity contribution is -0.115. The van der Waals surface area contributed by atoms with Gasteiger partial charge in [0.15, 0.2) is 0 Å². The summed E-state index contributed by atoms with van der Waals surface area (Å²) >= 11 is 0. The number of hydrogen-bond donors (Lipinski definition) is 2. The van der Waals surface area contributed by atoms with Crippen molar-refractivity contribution in [3.8, 4) is 11.1 Å². The number of nitrogens with two attached hydrogens (primary N) is 1. The van der Waals surface area contributed by atoms with Crippen molar-refractivity contribution < 1.29 is 9.32 Å². The second-order valence-corrected chi connectivity index (χ2v) is 3.66. The van der Waals surface area contributed by atoms with Crippen LogP contribution < -0.4 is 11.1 Å². The zero-order valence-electron chi connectivity index (χ0n) is 8.36. The molecule has 1 aliphatic heterocycles. The van der Waals surface area contributed by atoms with Gasteiger partial charge in [-0.3, -0.25) is 4.79 Å². The number of aromatic nitrogens is 1. The van der Waals surface area contributed by atoms with Gasteiger partial charge in [0.25, 0.3) is 0 Å². The number of rotatable bonds is 1. The van der Waals surface area contributed by atoms with Gasteiger partial charge in [-0.15, -0.1) is 0 Å². The van der Waals surface area contributed by atoms with E-state index >= 15 is 0 Å². The first kappa shape index (κ1) is 8.96. The number of carbonyl (C=O) groups is 1. The molecule has 1 aromatic heterocycles. The van der Waals surface area contributed by atoms with Crippen LogP contribution in [0.1, 0.15) is 5.56 Å². The number of nitrogens with one attached hydrogen (secondary N) is 1. The Balaban J connectivity index is 2.21. The first-order valence-corrected chi connectivity index (χ1v) is 4.88. The van der Waals surface area contributed by atoms with E-state index in [1.807, 2.05) is 18.2 Å². The molecule has 3 N–H and O–H groups in total. The fraction of sp³-hybridized carbons (Fsp3) is 0.0909. The Hall–Kier alpha value is -2.30. The first-order chi connectivity index (χ1) is 7.75. The molecule has 0 spiro atoms. The predicted octanol–water partition coefficient (Wildman–Crippen LogP) is 1.42. The third kappa shape index (κ3) is 1.18. The molecule has 0 saturated heterocycles. The molecular weight excluding hydrogens is 206 g/mol. The van der Waals surface area contributed by atoms with Crippen LogP contribution in [-0.4, -0.2) is 11.1 Å². The van der Waals surface area contributed by atoms with E-state index in [0.717, 1.165) is 22.4 Å². The van der Waals surface area contributed by atoms with Gasteiger partial charge in [0.1, 0.15) is 0 Å². The summed E-state index contributed by atoms with van der Waals surface area (Å²) in [4.78, 5) is 11.3. The van der Waals surface area contributed by atoms with Crippen molar-refractivity contribution in [1.82, 2.24) is 5.16 Å². The third-order valence-electron chi connectivity index (χ3n) is 2.68. The number of carbonyl (C=O) groups excluding carboxylic acids is 1. The molecule has 5 nitrogen and oxygen atoms in total. The van der Waals surface area contributed by atoms with Crippen LogP contribution in [0.5, 0.6) is 0 Å². The van der Waals surface area contributed by atoms with Crippen LogP contribution in [0.2, 0.25) is 0 Å². The van der Waals surface area contributed by atoms with Gasteiger partial charge >= 0.3 is 0 Å². The highest BCUT2D eigenvalue weighted by molar-refractivity contribution is 6.02. The molecule has 5 heteroatoms. The van der Waals surface area contributed by atoms with E-state index < -0.39 is 0 Å². The van der Waals surface area contributed by atoms with Crippen molar-refractivity contribution in [2.24, 2.45) is 0 Å². The maximum Gasteiger partial charge on any atom is 0.229 e. The lowest BCUT2D eigenvalue weighted by Gasteiger charge is -2.04. The number of anilines is 2. The molecule has 0 radical (unpaired) electrons. The monoisotopic (exact) mass is 215 g/mol. The molecule has 3 rings (SSSR count). The smallest absolute Gasteiger partial charge is 0.229 e. The third-order valence-corrected chi connectivity index (χ3v) is 2.68. The molecule has 0 bridgehead atoms. The predicted molar refractivity (Wildman–Crippen MR) is 58.7 cm³/mol.